The van der Waals surface area contributed by atoms with Gasteiger partial charge in [0.15, 0.2) is 0 Å². The van der Waals surface area contributed by atoms with E-state index in [1.54, 1.807) is 42.3 Å². The fourth-order valence-electron chi connectivity index (χ4n) is 4.00. The standard InChI is InChI=1S/C30H28Cl2N4O4/c1-39-23-15-12-21(27(18-23)36-17-5-16-34-36)19-33-22-13-10-20(11-14-22)6-3-9-26(30(38)40-2)35-29(37)28-24(31)7-4-8-25(28)32/h3-8,10-18,26,33H,9,19H2,1-2H3,(H,35,37)/b6-3+. The van der Waals surface area contributed by atoms with Crippen LogP contribution in [0.15, 0.2) is 85.2 Å². The number of esters is 1. The lowest BCUT2D eigenvalue weighted by Crippen LogP contribution is -2.41. The molecule has 0 saturated carbocycles. The fraction of sp³-hybridized carbons (Fsp3) is 0.167. The molecule has 0 bridgehead atoms. The van der Waals surface area contributed by atoms with Crippen LogP contribution >= 0.6 is 23.2 Å². The average molecular weight is 579 g/mol. The number of benzene rings is 3. The van der Waals surface area contributed by atoms with E-state index in [-0.39, 0.29) is 22.0 Å². The summed E-state index contributed by atoms with van der Waals surface area (Å²) in [5.41, 5.74) is 3.97. The summed E-state index contributed by atoms with van der Waals surface area (Å²) in [5.74, 6) is -0.372. The molecule has 1 atom stereocenters. The molecule has 4 aromatic rings. The van der Waals surface area contributed by atoms with Gasteiger partial charge in [0.2, 0.25) is 0 Å². The molecule has 8 nitrogen and oxygen atoms in total. The van der Waals surface area contributed by atoms with Crippen molar-refractivity contribution in [3.05, 3.63) is 112 Å². The highest BCUT2D eigenvalue weighted by Gasteiger charge is 2.23. The number of carbonyl (C=O) groups is 2. The van der Waals surface area contributed by atoms with Gasteiger partial charge < -0.3 is 20.1 Å². The van der Waals surface area contributed by atoms with Gasteiger partial charge in [-0.25, -0.2) is 9.48 Å². The Hall–Kier alpha value is -4.27. The Morgan fingerprint density at radius 3 is 2.42 bits per heavy atom. The van der Waals surface area contributed by atoms with Gasteiger partial charge in [0.05, 0.1) is 35.5 Å². The van der Waals surface area contributed by atoms with E-state index < -0.39 is 17.9 Å². The Morgan fingerprint density at radius 1 is 1.02 bits per heavy atom. The minimum atomic E-state index is -0.907. The number of anilines is 1. The van der Waals surface area contributed by atoms with Crippen molar-refractivity contribution in [3.63, 3.8) is 0 Å². The number of halogens is 2. The van der Waals surface area contributed by atoms with Gasteiger partial charge in [0, 0.05) is 30.7 Å². The average Bonchev–Trinajstić information content (AvgIpc) is 3.50. The number of nitrogens with one attached hydrogen (secondary N) is 2. The minimum absolute atomic E-state index is 0.109. The van der Waals surface area contributed by atoms with E-state index in [9.17, 15) is 9.59 Å². The Labute approximate surface area is 242 Å². The first-order valence-electron chi connectivity index (χ1n) is 12.4. The number of carbonyl (C=O) groups excluding carboxylic acids is 2. The minimum Gasteiger partial charge on any atom is -0.497 e. The van der Waals surface area contributed by atoms with E-state index in [2.05, 4.69) is 15.7 Å². The molecule has 206 valence electrons. The van der Waals surface area contributed by atoms with Crippen molar-refractivity contribution in [3.8, 4) is 11.4 Å². The number of hydrogen-bond acceptors (Lipinski definition) is 6. The van der Waals surface area contributed by atoms with Crippen molar-refractivity contribution in [2.24, 2.45) is 0 Å². The molecule has 0 aliphatic carbocycles. The molecule has 0 aliphatic heterocycles. The van der Waals surface area contributed by atoms with Crippen LogP contribution in [0.3, 0.4) is 0 Å². The van der Waals surface area contributed by atoms with Crippen molar-refractivity contribution in [2.75, 3.05) is 19.5 Å². The summed E-state index contributed by atoms with van der Waals surface area (Å²) in [6.45, 7) is 0.588. The lowest BCUT2D eigenvalue weighted by atomic mass is 10.1. The molecule has 0 aliphatic rings. The number of methoxy groups -OCH3 is 2. The number of nitrogens with zero attached hydrogens (tertiary/aromatic N) is 2. The highest BCUT2D eigenvalue weighted by molar-refractivity contribution is 6.39. The van der Waals surface area contributed by atoms with Crippen molar-refractivity contribution in [2.45, 2.75) is 19.0 Å². The van der Waals surface area contributed by atoms with Gasteiger partial charge in [-0.15, -0.1) is 0 Å². The smallest absolute Gasteiger partial charge is 0.328 e. The maximum atomic E-state index is 12.7. The van der Waals surface area contributed by atoms with E-state index in [0.29, 0.717) is 6.54 Å². The highest BCUT2D eigenvalue weighted by atomic mass is 35.5. The molecule has 1 aromatic heterocycles. The zero-order valence-corrected chi connectivity index (χ0v) is 23.4. The second kappa shape index (κ2) is 13.7. The second-order valence-corrected chi connectivity index (χ2v) is 9.52. The number of aromatic nitrogens is 2. The molecule has 0 fully saturated rings. The van der Waals surface area contributed by atoms with E-state index in [1.807, 2.05) is 60.8 Å². The zero-order valence-electron chi connectivity index (χ0n) is 21.9. The molecular formula is C30H28Cl2N4O4. The van der Waals surface area contributed by atoms with Gasteiger partial charge in [-0.1, -0.05) is 59.6 Å². The van der Waals surface area contributed by atoms with Crippen LogP contribution in [0.25, 0.3) is 11.8 Å². The van der Waals surface area contributed by atoms with Crippen molar-refractivity contribution in [1.82, 2.24) is 15.1 Å². The summed E-state index contributed by atoms with van der Waals surface area (Å²) in [4.78, 5) is 25.0. The van der Waals surface area contributed by atoms with Crippen LogP contribution < -0.4 is 15.4 Å². The van der Waals surface area contributed by atoms with Crippen LogP contribution in [0, 0.1) is 0 Å². The maximum absolute atomic E-state index is 12.7. The molecule has 1 heterocycles. The number of rotatable bonds is 11. The Kier molecular flexibility index (Phi) is 9.83. The predicted molar refractivity (Wildman–Crippen MR) is 157 cm³/mol. The Balaban J connectivity index is 1.38. The van der Waals surface area contributed by atoms with Crippen LogP contribution in [0.4, 0.5) is 5.69 Å². The second-order valence-electron chi connectivity index (χ2n) is 8.70. The molecular weight excluding hydrogens is 551 g/mol. The summed E-state index contributed by atoms with van der Waals surface area (Å²) < 4.78 is 12.0. The topological polar surface area (TPSA) is 94.5 Å². The molecule has 1 amide bonds. The Bertz CT molecular complexity index is 1470. The summed E-state index contributed by atoms with van der Waals surface area (Å²) in [5, 5.41) is 10.8. The molecule has 40 heavy (non-hydrogen) atoms. The number of hydrogen-bond donors (Lipinski definition) is 2. The highest BCUT2D eigenvalue weighted by Crippen LogP contribution is 2.25. The van der Waals surface area contributed by atoms with Crippen LogP contribution in [0.2, 0.25) is 10.0 Å². The van der Waals surface area contributed by atoms with Crippen LogP contribution in [0.5, 0.6) is 5.75 Å². The first-order valence-corrected chi connectivity index (χ1v) is 13.1. The first kappa shape index (κ1) is 28.7. The summed E-state index contributed by atoms with van der Waals surface area (Å²) >= 11 is 12.3. The van der Waals surface area contributed by atoms with Crippen LogP contribution in [-0.4, -0.2) is 41.9 Å². The van der Waals surface area contributed by atoms with Crippen molar-refractivity contribution in [1.29, 1.82) is 0 Å². The third-order valence-electron chi connectivity index (χ3n) is 6.10. The quantitative estimate of drug-likeness (QED) is 0.206. The lowest BCUT2D eigenvalue weighted by Gasteiger charge is -2.16. The largest absolute Gasteiger partial charge is 0.497 e. The maximum Gasteiger partial charge on any atom is 0.328 e. The third kappa shape index (κ3) is 7.22. The first-order chi connectivity index (χ1) is 19.4. The summed E-state index contributed by atoms with van der Waals surface area (Å²) in [6, 6.07) is 19.5. The van der Waals surface area contributed by atoms with Gasteiger partial charge in [-0.3, -0.25) is 4.79 Å². The molecule has 10 heteroatoms. The third-order valence-corrected chi connectivity index (χ3v) is 6.73. The van der Waals surface area contributed by atoms with Gasteiger partial charge in [0.1, 0.15) is 11.8 Å². The number of ether oxygens (including phenoxy) is 2. The molecule has 2 N–H and O–H groups in total. The summed E-state index contributed by atoms with van der Waals surface area (Å²) in [6.07, 6.45) is 7.51. The van der Waals surface area contributed by atoms with Crippen LogP contribution in [0.1, 0.15) is 27.9 Å². The lowest BCUT2D eigenvalue weighted by molar-refractivity contribution is -0.142. The fourth-order valence-corrected chi connectivity index (χ4v) is 4.56. The van der Waals surface area contributed by atoms with E-state index in [0.717, 1.165) is 28.3 Å². The summed E-state index contributed by atoms with van der Waals surface area (Å²) in [7, 11) is 2.90. The van der Waals surface area contributed by atoms with E-state index in [4.69, 9.17) is 32.7 Å². The molecule has 0 spiro atoms. The molecule has 0 saturated heterocycles. The number of amides is 1. The van der Waals surface area contributed by atoms with Crippen LogP contribution in [-0.2, 0) is 16.1 Å². The molecule has 1 unspecified atom stereocenters. The predicted octanol–water partition coefficient (Wildman–Crippen LogP) is 6.17. The van der Waals surface area contributed by atoms with Gasteiger partial charge in [0.25, 0.3) is 5.91 Å². The Morgan fingerprint density at radius 2 is 1.77 bits per heavy atom. The molecule has 3 aromatic carbocycles. The van der Waals surface area contributed by atoms with E-state index in [1.165, 1.54) is 7.11 Å². The molecule has 4 rings (SSSR count). The van der Waals surface area contributed by atoms with Gasteiger partial charge >= 0.3 is 5.97 Å². The van der Waals surface area contributed by atoms with E-state index >= 15 is 0 Å². The monoisotopic (exact) mass is 578 g/mol. The van der Waals surface area contributed by atoms with Crippen molar-refractivity contribution >= 4 is 46.8 Å². The SMILES string of the molecule is COC(=O)C(C/C=C/c1ccc(NCc2ccc(OC)cc2-n2cccn2)cc1)NC(=O)c1c(Cl)cccc1Cl. The molecule has 0 radical (unpaired) electrons. The van der Waals surface area contributed by atoms with Crippen molar-refractivity contribution < 1.29 is 19.1 Å². The normalized spacial score (nSPS) is 11.7. The van der Waals surface area contributed by atoms with Gasteiger partial charge in [-0.05, 0) is 53.9 Å². The zero-order chi connectivity index (χ0) is 28.5. The van der Waals surface area contributed by atoms with Gasteiger partial charge in [-0.2, -0.15) is 5.10 Å².